The number of phenols is 1. The molecule has 2 aromatic rings. The molecule has 0 unspecified atom stereocenters. The SMILES string of the molecule is CN(C(=O)c1cc(-c2ccccc2O)n[nH]1)C1CCN(CC(F)(F)F)CC1. The van der Waals surface area contributed by atoms with Gasteiger partial charge in [0.25, 0.3) is 5.91 Å². The van der Waals surface area contributed by atoms with Crippen LogP contribution in [0.3, 0.4) is 0 Å². The first-order valence-corrected chi connectivity index (χ1v) is 8.64. The van der Waals surface area contributed by atoms with E-state index < -0.39 is 12.7 Å². The number of amides is 1. The highest BCUT2D eigenvalue weighted by atomic mass is 19.4. The maximum absolute atomic E-state index is 12.7. The number of aromatic nitrogens is 2. The Balaban J connectivity index is 1.63. The fraction of sp³-hybridized carbons (Fsp3) is 0.444. The van der Waals surface area contributed by atoms with Crippen molar-refractivity contribution in [2.45, 2.75) is 25.1 Å². The molecule has 2 heterocycles. The van der Waals surface area contributed by atoms with Crippen LogP contribution in [-0.2, 0) is 0 Å². The summed E-state index contributed by atoms with van der Waals surface area (Å²) in [6.45, 7) is -0.316. The summed E-state index contributed by atoms with van der Waals surface area (Å²) in [4.78, 5) is 15.6. The van der Waals surface area contributed by atoms with E-state index in [1.807, 2.05) is 0 Å². The van der Waals surface area contributed by atoms with E-state index in [4.69, 9.17) is 0 Å². The zero-order chi connectivity index (χ0) is 19.6. The first kappa shape index (κ1) is 19.2. The van der Waals surface area contributed by atoms with Crippen molar-refractivity contribution < 1.29 is 23.1 Å². The van der Waals surface area contributed by atoms with Crippen molar-refractivity contribution in [3.05, 3.63) is 36.0 Å². The van der Waals surface area contributed by atoms with Gasteiger partial charge < -0.3 is 10.0 Å². The van der Waals surface area contributed by atoms with E-state index in [0.29, 0.717) is 37.2 Å². The number of halogens is 3. The van der Waals surface area contributed by atoms with Gasteiger partial charge in [-0.15, -0.1) is 0 Å². The number of rotatable bonds is 4. The monoisotopic (exact) mass is 382 g/mol. The Morgan fingerprint density at radius 3 is 2.63 bits per heavy atom. The van der Waals surface area contributed by atoms with Crippen LogP contribution in [0.1, 0.15) is 23.3 Å². The molecule has 0 atom stereocenters. The summed E-state index contributed by atoms with van der Waals surface area (Å²) in [7, 11) is 1.65. The maximum atomic E-state index is 12.7. The predicted molar refractivity (Wildman–Crippen MR) is 93.3 cm³/mol. The molecule has 0 bridgehead atoms. The number of aromatic hydroxyl groups is 1. The Labute approximate surface area is 154 Å². The number of aromatic amines is 1. The van der Waals surface area contributed by atoms with E-state index in [1.165, 1.54) is 11.0 Å². The molecule has 0 saturated carbocycles. The van der Waals surface area contributed by atoms with Gasteiger partial charge in [0.05, 0.1) is 12.2 Å². The third kappa shape index (κ3) is 4.60. The lowest BCUT2D eigenvalue weighted by Gasteiger charge is -2.36. The minimum Gasteiger partial charge on any atom is -0.507 e. The highest BCUT2D eigenvalue weighted by molar-refractivity contribution is 5.93. The number of phenolic OH excluding ortho intramolecular Hbond substituents is 1. The number of carbonyl (C=O) groups excluding carboxylic acids is 1. The second kappa shape index (κ2) is 7.59. The van der Waals surface area contributed by atoms with Crippen molar-refractivity contribution in [3.8, 4) is 17.0 Å². The van der Waals surface area contributed by atoms with Crippen LogP contribution in [-0.4, -0.2) is 69.9 Å². The minimum atomic E-state index is -4.20. The van der Waals surface area contributed by atoms with Gasteiger partial charge in [-0.1, -0.05) is 12.1 Å². The number of carbonyl (C=O) groups is 1. The Hall–Kier alpha value is -2.55. The lowest BCUT2D eigenvalue weighted by molar-refractivity contribution is -0.148. The number of benzene rings is 1. The van der Waals surface area contributed by atoms with Gasteiger partial charge in [-0.3, -0.25) is 14.8 Å². The standard InChI is InChI=1S/C18H21F3N4O2/c1-24(12-6-8-25(9-7-12)11-18(19,20)21)17(27)15-10-14(22-23-15)13-4-2-3-5-16(13)26/h2-5,10,12,26H,6-9,11H2,1H3,(H,22,23). The van der Waals surface area contributed by atoms with Gasteiger partial charge in [-0.25, -0.2) is 0 Å². The molecule has 1 aromatic heterocycles. The van der Waals surface area contributed by atoms with Gasteiger partial charge in [0, 0.05) is 31.7 Å². The zero-order valence-corrected chi connectivity index (χ0v) is 14.8. The number of piperidine rings is 1. The van der Waals surface area contributed by atoms with E-state index in [1.54, 1.807) is 36.2 Å². The fourth-order valence-electron chi connectivity index (χ4n) is 3.33. The quantitative estimate of drug-likeness (QED) is 0.853. The Morgan fingerprint density at radius 1 is 1.33 bits per heavy atom. The number of H-pyrrole nitrogens is 1. The summed E-state index contributed by atoms with van der Waals surface area (Å²) in [5, 5.41) is 16.7. The molecule has 9 heteroatoms. The zero-order valence-electron chi connectivity index (χ0n) is 14.8. The van der Waals surface area contributed by atoms with Crippen LogP contribution in [0.4, 0.5) is 13.2 Å². The fourth-order valence-corrected chi connectivity index (χ4v) is 3.33. The van der Waals surface area contributed by atoms with Crippen LogP contribution >= 0.6 is 0 Å². The molecule has 27 heavy (non-hydrogen) atoms. The van der Waals surface area contributed by atoms with E-state index in [-0.39, 0.29) is 23.4 Å². The van der Waals surface area contributed by atoms with Crippen LogP contribution in [0.15, 0.2) is 30.3 Å². The average Bonchev–Trinajstić information content (AvgIpc) is 3.10. The summed E-state index contributed by atoms with van der Waals surface area (Å²) in [5.74, 6) is -0.216. The number of alkyl halides is 3. The Kier molecular flexibility index (Phi) is 5.41. The third-order valence-corrected chi connectivity index (χ3v) is 4.82. The molecule has 6 nitrogen and oxygen atoms in total. The minimum absolute atomic E-state index is 0.0633. The van der Waals surface area contributed by atoms with Crippen molar-refractivity contribution in [2.24, 2.45) is 0 Å². The lowest BCUT2D eigenvalue weighted by atomic mass is 10.0. The van der Waals surface area contributed by atoms with Crippen LogP contribution in [0.2, 0.25) is 0 Å². The van der Waals surface area contributed by atoms with Crippen LogP contribution < -0.4 is 0 Å². The van der Waals surface area contributed by atoms with E-state index in [2.05, 4.69) is 10.2 Å². The second-order valence-corrected chi connectivity index (χ2v) is 6.72. The summed E-state index contributed by atoms with van der Waals surface area (Å²) < 4.78 is 37.4. The second-order valence-electron chi connectivity index (χ2n) is 6.72. The van der Waals surface area contributed by atoms with Crippen molar-refractivity contribution >= 4 is 5.91 Å². The predicted octanol–water partition coefficient (Wildman–Crippen LogP) is 2.88. The van der Waals surface area contributed by atoms with E-state index in [9.17, 15) is 23.1 Å². The summed E-state index contributed by atoms with van der Waals surface area (Å²) in [6, 6.07) is 8.11. The van der Waals surface area contributed by atoms with Crippen molar-refractivity contribution in [2.75, 3.05) is 26.7 Å². The first-order chi connectivity index (χ1) is 12.7. The molecule has 3 rings (SSSR count). The molecule has 2 N–H and O–H groups in total. The van der Waals surface area contributed by atoms with Gasteiger partial charge >= 0.3 is 6.18 Å². The molecule has 1 aromatic carbocycles. The first-order valence-electron chi connectivity index (χ1n) is 8.64. The highest BCUT2D eigenvalue weighted by Gasteiger charge is 2.34. The number of nitrogens with one attached hydrogen (secondary N) is 1. The topological polar surface area (TPSA) is 72.5 Å². The summed E-state index contributed by atoms with van der Waals surface area (Å²) >= 11 is 0. The number of hydrogen-bond donors (Lipinski definition) is 2. The van der Waals surface area contributed by atoms with Crippen LogP contribution in [0.25, 0.3) is 11.3 Å². The molecule has 0 spiro atoms. The number of hydrogen-bond acceptors (Lipinski definition) is 4. The summed E-state index contributed by atoms with van der Waals surface area (Å²) in [5.41, 5.74) is 1.23. The van der Waals surface area contributed by atoms with Gasteiger partial charge in [-0.05, 0) is 31.0 Å². The molecule has 0 radical (unpaired) electrons. The maximum Gasteiger partial charge on any atom is 0.401 e. The van der Waals surface area contributed by atoms with Gasteiger partial charge in [0.15, 0.2) is 0 Å². The molecule has 146 valence electrons. The Morgan fingerprint density at radius 2 is 2.00 bits per heavy atom. The van der Waals surface area contributed by atoms with E-state index in [0.717, 1.165) is 0 Å². The molecular weight excluding hydrogens is 361 g/mol. The van der Waals surface area contributed by atoms with E-state index >= 15 is 0 Å². The van der Waals surface area contributed by atoms with Crippen molar-refractivity contribution in [1.82, 2.24) is 20.0 Å². The number of nitrogens with zero attached hydrogens (tertiary/aromatic N) is 3. The molecule has 1 amide bonds. The van der Waals surface area contributed by atoms with Gasteiger partial charge in [0.2, 0.25) is 0 Å². The molecule has 1 aliphatic rings. The third-order valence-electron chi connectivity index (χ3n) is 4.82. The average molecular weight is 382 g/mol. The number of likely N-dealkylation sites (tertiary alicyclic amines) is 1. The molecule has 1 saturated heterocycles. The van der Waals surface area contributed by atoms with Crippen molar-refractivity contribution in [3.63, 3.8) is 0 Å². The molecule has 1 aliphatic heterocycles. The number of para-hydroxylation sites is 1. The lowest BCUT2D eigenvalue weighted by Crippen LogP contribution is -2.47. The molecular formula is C18H21F3N4O2. The highest BCUT2D eigenvalue weighted by Crippen LogP contribution is 2.28. The van der Waals surface area contributed by atoms with Gasteiger partial charge in [0.1, 0.15) is 11.4 Å². The normalized spacial score (nSPS) is 16.4. The summed E-state index contributed by atoms with van der Waals surface area (Å²) in [6.07, 6.45) is -3.23. The van der Waals surface area contributed by atoms with Crippen LogP contribution in [0.5, 0.6) is 5.75 Å². The van der Waals surface area contributed by atoms with Gasteiger partial charge in [-0.2, -0.15) is 18.3 Å². The van der Waals surface area contributed by atoms with Crippen molar-refractivity contribution in [1.29, 1.82) is 0 Å². The largest absolute Gasteiger partial charge is 0.507 e. The smallest absolute Gasteiger partial charge is 0.401 e. The van der Waals surface area contributed by atoms with Crippen LogP contribution in [0, 0.1) is 0 Å². The molecule has 1 fully saturated rings. The Bertz CT molecular complexity index is 798. The molecule has 0 aliphatic carbocycles.